The van der Waals surface area contributed by atoms with Crippen molar-refractivity contribution in [1.29, 1.82) is 0 Å². The molecule has 0 aromatic heterocycles. The minimum Gasteiger partial charge on any atom is -0.478 e. The van der Waals surface area contributed by atoms with Gasteiger partial charge in [-0.1, -0.05) is 26.0 Å². The second-order valence-electron chi connectivity index (χ2n) is 4.59. The van der Waals surface area contributed by atoms with Crippen LogP contribution in [0.5, 0.6) is 5.75 Å². The van der Waals surface area contributed by atoms with E-state index < -0.39 is 12.1 Å². The van der Waals surface area contributed by atoms with E-state index >= 15 is 0 Å². The topological polar surface area (TPSA) is 52.6 Å². The van der Waals surface area contributed by atoms with Gasteiger partial charge in [0, 0.05) is 5.92 Å². The van der Waals surface area contributed by atoms with Crippen LogP contribution in [-0.4, -0.2) is 24.5 Å². The average molecular weight is 264 g/mol. The van der Waals surface area contributed by atoms with Crippen LogP contribution in [0.3, 0.4) is 0 Å². The molecule has 0 aliphatic rings. The third-order valence-corrected chi connectivity index (χ3v) is 2.64. The Kier molecular flexibility index (Phi) is 5.55. The fourth-order valence-corrected chi connectivity index (χ4v) is 1.68. The third-order valence-electron chi connectivity index (χ3n) is 2.64. The summed E-state index contributed by atoms with van der Waals surface area (Å²) < 4.78 is 10.7. The van der Waals surface area contributed by atoms with Gasteiger partial charge in [0.15, 0.2) is 11.9 Å². The highest BCUT2D eigenvalue weighted by molar-refractivity contribution is 5.96. The lowest BCUT2D eigenvalue weighted by Gasteiger charge is -2.21. The van der Waals surface area contributed by atoms with Crippen LogP contribution in [0.15, 0.2) is 24.3 Å². The molecule has 0 saturated carbocycles. The molecule has 19 heavy (non-hydrogen) atoms. The zero-order chi connectivity index (χ0) is 14.4. The summed E-state index contributed by atoms with van der Waals surface area (Å²) in [5.41, 5.74) is 0.470. The summed E-state index contributed by atoms with van der Waals surface area (Å²) in [7, 11) is 0. The van der Waals surface area contributed by atoms with Crippen molar-refractivity contribution in [2.75, 3.05) is 6.61 Å². The molecule has 0 fully saturated rings. The smallest absolute Gasteiger partial charge is 0.347 e. The molecule has 1 rings (SSSR count). The maximum absolute atomic E-state index is 11.8. The molecule has 0 aliphatic heterocycles. The van der Waals surface area contributed by atoms with Gasteiger partial charge in [-0.15, -0.1) is 0 Å². The predicted octanol–water partition coefficient (Wildman–Crippen LogP) is 2.86. The number of esters is 1. The summed E-state index contributed by atoms with van der Waals surface area (Å²) >= 11 is 0. The van der Waals surface area contributed by atoms with Gasteiger partial charge in [0.25, 0.3) is 0 Å². The van der Waals surface area contributed by atoms with Crippen LogP contribution >= 0.6 is 0 Å². The fraction of sp³-hybridized carbons (Fsp3) is 0.467. The van der Waals surface area contributed by atoms with Crippen molar-refractivity contribution in [3.05, 3.63) is 29.8 Å². The monoisotopic (exact) mass is 264 g/mol. The second-order valence-corrected chi connectivity index (χ2v) is 4.59. The van der Waals surface area contributed by atoms with Gasteiger partial charge in [-0.25, -0.2) is 4.79 Å². The summed E-state index contributed by atoms with van der Waals surface area (Å²) in [6.07, 6.45) is -0.708. The Morgan fingerprint density at radius 2 is 1.84 bits per heavy atom. The summed E-state index contributed by atoms with van der Waals surface area (Å²) in [5.74, 6) is -0.126. The number of Topliss-reactive ketones (excluding diaryl/α,β-unsaturated/α-hetero) is 1. The maximum atomic E-state index is 11.8. The van der Waals surface area contributed by atoms with E-state index in [-0.39, 0.29) is 11.7 Å². The Hall–Kier alpha value is -1.84. The summed E-state index contributed by atoms with van der Waals surface area (Å²) in [4.78, 5) is 23.4. The van der Waals surface area contributed by atoms with Crippen molar-refractivity contribution in [3.63, 3.8) is 0 Å². The minimum atomic E-state index is -0.708. The molecule has 1 aromatic rings. The van der Waals surface area contributed by atoms with E-state index in [1.54, 1.807) is 31.2 Å². The summed E-state index contributed by atoms with van der Waals surface area (Å²) in [6, 6.07) is 6.90. The first kappa shape index (κ1) is 15.2. The van der Waals surface area contributed by atoms with E-state index in [2.05, 4.69) is 0 Å². The van der Waals surface area contributed by atoms with Gasteiger partial charge in [0.05, 0.1) is 12.2 Å². The van der Waals surface area contributed by atoms with Gasteiger partial charge >= 0.3 is 5.97 Å². The van der Waals surface area contributed by atoms with Crippen LogP contribution < -0.4 is 4.74 Å². The van der Waals surface area contributed by atoms with Crippen molar-refractivity contribution < 1.29 is 19.1 Å². The van der Waals surface area contributed by atoms with E-state index in [4.69, 9.17) is 9.47 Å². The predicted molar refractivity (Wildman–Crippen MR) is 72.3 cm³/mol. The minimum absolute atomic E-state index is 0.0425. The molecule has 4 heteroatoms. The highest BCUT2D eigenvalue weighted by atomic mass is 16.6. The van der Waals surface area contributed by atoms with E-state index in [9.17, 15) is 9.59 Å². The van der Waals surface area contributed by atoms with Crippen LogP contribution in [0.25, 0.3) is 0 Å². The summed E-state index contributed by atoms with van der Waals surface area (Å²) in [6.45, 7) is 7.27. The Morgan fingerprint density at radius 1 is 1.21 bits per heavy atom. The van der Waals surface area contributed by atoms with Crippen LogP contribution in [-0.2, 0) is 9.53 Å². The van der Waals surface area contributed by atoms with Crippen LogP contribution in [0.1, 0.15) is 38.1 Å². The average Bonchev–Trinajstić information content (AvgIpc) is 2.36. The highest BCUT2D eigenvalue weighted by Crippen LogP contribution is 2.22. The largest absolute Gasteiger partial charge is 0.478 e. The molecular formula is C15H20O4. The number of carbonyl (C=O) groups is 2. The molecule has 0 heterocycles. The molecule has 0 aliphatic carbocycles. The standard InChI is InChI=1S/C15H20O4/c1-5-18-15(17)14(10(2)3)19-13-9-7-6-8-12(13)11(4)16/h6-10,14H,5H2,1-4H3. The van der Waals surface area contributed by atoms with Crippen LogP contribution in [0.4, 0.5) is 0 Å². The molecule has 0 radical (unpaired) electrons. The molecule has 0 spiro atoms. The molecule has 0 saturated heterocycles. The van der Waals surface area contributed by atoms with Gasteiger partial charge in [-0.3, -0.25) is 4.79 Å². The van der Waals surface area contributed by atoms with Crippen LogP contribution in [0, 0.1) is 5.92 Å². The first-order valence-corrected chi connectivity index (χ1v) is 6.40. The molecule has 0 amide bonds. The maximum Gasteiger partial charge on any atom is 0.347 e. The molecule has 0 bridgehead atoms. The van der Waals surface area contributed by atoms with Crippen molar-refractivity contribution in [2.45, 2.75) is 33.8 Å². The van der Waals surface area contributed by atoms with Crippen molar-refractivity contribution in [1.82, 2.24) is 0 Å². The van der Waals surface area contributed by atoms with Crippen molar-refractivity contribution >= 4 is 11.8 Å². The first-order valence-electron chi connectivity index (χ1n) is 6.40. The highest BCUT2D eigenvalue weighted by Gasteiger charge is 2.26. The van der Waals surface area contributed by atoms with Gasteiger partial charge in [0.1, 0.15) is 5.75 Å². The summed E-state index contributed by atoms with van der Waals surface area (Å²) in [5, 5.41) is 0. The number of carbonyl (C=O) groups excluding carboxylic acids is 2. The molecule has 0 N–H and O–H groups in total. The number of para-hydroxylation sites is 1. The number of benzene rings is 1. The zero-order valence-corrected chi connectivity index (χ0v) is 11.8. The van der Waals surface area contributed by atoms with Gasteiger partial charge in [-0.05, 0) is 26.0 Å². The number of rotatable bonds is 6. The van der Waals surface area contributed by atoms with Gasteiger partial charge in [0.2, 0.25) is 0 Å². The molecule has 1 atom stereocenters. The number of ether oxygens (including phenoxy) is 2. The lowest BCUT2D eigenvalue weighted by molar-refractivity contribution is -0.153. The number of hydrogen-bond donors (Lipinski definition) is 0. The quantitative estimate of drug-likeness (QED) is 0.585. The van der Waals surface area contributed by atoms with E-state index in [1.165, 1.54) is 6.92 Å². The Morgan fingerprint density at radius 3 is 2.37 bits per heavy atom. The molecular weight excluding hydrogens is 244 g/mol. The SMILES string of the molecule is CCOC(=O)C(Oc1ccccc1C(C)=O)C(C)C. The molecule has 1 unspecified atom stereocenters. The Balaban J connectivity index is 2.97. The van der Waals surface area contributed by atoms with E-state index in [1.807, 2.05) is 13.8 Å². The second kappa shape index (κ2) is 6.92. The Labute approximate surface area is 113 Å². The van der Waals surface area contributed by atoms with Gasteiger partial charge in [-0.2, -0.15) is 0 Å². The van der Waals surface area contributed by atoms with E-state index in [0.717, 1.165) is 0 Å². The Bertz CT molecular complexity index is 451. The molecule has 104 valence electrons. The lowest BCUT2D eigenvalue weighted by atomic mass is 10.1. The van der Waals surface area contributed by atoms with Gasteiger partial charge < -0.3 is 9.47 Å². The number of hydrogen-bond acceptors (Lipinski definition) is 4. The van der Waals surface area contributed by atoms with Crippen molar-refractivity contribution in [3.8, 4) is 5.75 Å². The third kappa shape index (κ3) is 4.09. The normalized spacial score (nSPS) is 12.1. The van der Waals surface area contributed by atoms with Crippen LogP contribution in [0.2, 0.25) is 0 Å². The molecule has 1 aromatic carbocycles. The van der Waals surface area contributed by atoms with E-state index in [0.29, 0.717) is 17.9 Å². The molecule has 4 nitrogen and oxygen atoms in total. The van der Waals surface area contributed by atoms with Crippen molar-refractivity contribution in [2.24, 2.45) is 5.92 Å². The first-order chi connectivity index (χ1) is 8.97. The number of ketones is 1. The lowest BCUT2D eigenvalue weighted by Crippen LogP contribution is -2.34. The fourth-order valence-electron chi connectivity index (χ4n) is 1.68. The zero-order valence-electron chi connectivity index (χ0n) is 11.8.